The van der Waals surface area contributed by atoms with Gasteiger partial charge in [0.2, 0.25) is 5.91 Å². The van der Waals surface area contributed by atoms with Gasteiger partial charge in [-0.1, -0.05) is 34.8 Å². The molecule has 4 N–H and O–H groups in total. The molecule has 0 atom stereocenters. The van der Waals surface area contributed by atoms with Crippen LogP contribution in [0.2, 0.25) is 15.1 Å². The van der Waals surface area contributed by atoms with E-state index >= 15 is 0 Å². The number of alkyl halides is 1. The summed E-state index contributed by atoms with van der Waals surface area (Å²) in [7, 11) is -3.94. The van der Waals surface area contributed by atoms with Crippen LogP contribution in [0.25, 0.3) is 0 Å². The second kappa shape index (κ2) is 11.6. The summed E-state index contributed by atoms with van der Waals surface area (Å²) in [6.45, 7) is 2.13. The van der Waals surface area contributed by atoms with Crippen LogP contribution in [0.4, 0.5) is 31.9 Å². The number of nitrogens with one attached hydrogen (secondary N) is 4. The molecule has 3 aromatic rings. The lowest BCUT2D eigenvalue weighted by Crippen LogP contribution is -2.32. The molecule has 0 aliphatic carbocycles. The molecule has 0 aliphatic rings. The molecular weight excluding hydrogens is 566 g/mol. The Morgan fingerprint density at radius 1 is 0.784 bits per heavy atom. The average molecular weight is 588 g/mol. The molecule has 3 aromatic carbocycles. The van der Waals surface area contributed by atoms with Gasteiger partial charge in [0.05, 0.1) is 31.1 Å². The van der Waals surface area contributed by atoms with E-state index in [1.807, 2.05) is 0 Å². The maximum atomic E-state index is 13.0. The van der Waals surface area contributed by atoms with Gasteiger partial charge in [-0.3, -0.25) is 9.52 Å². The van der Waals surface area contributed by atoms with Crippen LogP contribution in [-0.4, -0.2) is 27.0 Å². The van der Waals surface area contributed by atoms with E-state index in [2.05, 4.69) is 20.7 Å². The first-order valence-electron chi connectivity index (χ1n) is 10.6. The summed E-state index contributed by atoms with van der Waals surface area (Å²) in [5, 5.41) is 8.32. The first-order valence-corrected chi connectivity index (χ1v) is 13.3. The van der Waals surface area contributed by atoms with Crippen LogP contribution in [0, 0.1) is 5.41 Å². The predicted molar refractivity (Wildman–Crippen MR) is 146 cm³/mol. The van der Waals surface area contributed by atoms with Gasteiger partial charge in [0, 0.05) is 17.1 Å². The molecular formula is C24H22Cl3FN4O4S. The van der Waals surface area contributed by atoms with E-state index in [0.29, 0.717) is 11.4 Å². The lowest BCUT2D eigenvalue weighted by Gasteiger charge is -2.19. The van der Waals surface area contributed by atoms with E-state index in [4.69, 9.17) is 34.8 Å². The van der Waals surface area contributed by atoms with E-state index in [9.17, 15) is 22.4 Å². The SMILES string of the molecule is CC(C)(CF)C(=O)Nc1ccc(NS(=O)(=O)c2ccc(NC(=O)Nc3cc(Cl)c(Cl)cc3Cl)cc2)cc1. The molecule has 0 spiro atoms. The van der Waals surface area contributed by atoms with Crippen LogP contribution >= 0.6 is 34.8 Å². The van der Waals surface area contributed by atoms with E-state index < -0.39 is 34.1 Å². The number of amides is 3. The molecule has 3 rings (SSSR count). The van der Waals surface area contributed by atoms with Gasteiger partial charge in [0.25, 0.3) is 10.0 Å². The average Bonchev–Trinajstić information content (AvgIpc) is 2.84. The zero-order chi connectivity index (χ0) is 27.4. The Bertz CT molecular complexity index is 1420. The van der Waals surface area contributed by atoms with Crippen LogP contribution in [0.5, 0.6) is 0 Å². The van der Waals surface area contributed by atoms with E-state index in [-0.39, 0.29) is 31.3 Å². The maximum absolute atomic E-state index is 13.0. The number of hydrogen-bond acceptors (Lipinski definition) is 4. The van der Waals surface area contributed by atoms with Gasteiger partial charge in [-0.05, 0) is 74.5 Å². The Hall–Kier alpha value is -3.05. The summed E-state index contributed by atoms with van der Waals surface area (Å²) in [6, 6.07) is 13.5. The number of anilines is 4. The third-order valence-electron chi connectivity index (χ3n) is 5.02. The zero-order valence-corrected chi connectivity index (χ0v) is 22.6. The number of halogens is 4. The van der Waals surface area contributed by atoms with Crippen LogP contribution < -0.4 is 20.7 Å². The quantitative estimate of drug-likeness (QED) is 0.212. The predicted octanol–water partition coefficient (Wildman–Crippen LogP) is 7.03. The molecule has 0 bridgehead atoms. The normalized spacial score (nSPS) is 11.5. The van der Waals surface area contributed by atoms with Gasteiger partial charge in [0.15, 0.2) is 0 Å². The second-order valence-corrected chi connectivity index (χ2v) is 11.4. The minimum atomic E-state index is -3.94. The van der Waals surface area contributed by atoms with Crippen molar-refractivity contribution >= 4 is 79.5 Å². The summed E-state index contributed by atoms with van der Waals surface area (Å²) in [5.74, 6) is -0.495. The molecule has 8 nitrogen and oxygen atoms in total. The smallest absolute Gasteiger partial charge is 0.323 e. The molecule has 3 amide bonds. The maximum Gasteiger partial charge on any atom is 0.323 e. The van der Waals surface area contributed by atoms with Gasteiger partial charge in [-0.2, -0.15) is 0 Å². The number of sulfonamides is 1. The summed E-state index contributed by atoms with van der Waals surface area (Å²) >= 11 is 17.9. The minimum Gasteiger partial charge on any atom is -0.326 e. The van der Waals surface area contributed by atoms with Gasteiger partial charge in [-0.15, -0.1) is 0 Å². The molecule has 196 valence electrons. The highest BCUT2D eigenvalue weighted by molar-refractivity contribution is 7.92. The van der Waals surface area contributed by atoms with Crippen molar-refractivity contribution in [3.05, 3.63) is 75.7 Å². The van der Waals surface area contributed by atoms with Gasteiger partial charge in [-0.25, -0.2) is 17.6 Å². The van der Waals surface area contributed by atoms with E-state index in [1.165, 1.54) is 74.5 Å². The molecule has 0 radical (unpaired) electrons. The largest absolute Gasteiger partial charge is 0.326 e. The standard InChI is InChI=1S/C24H22Cl3FN4O4S/c1-24(2,13-28)22(33)29-14-3-5-16(6-4-14)32-37(35,36)17-9-7-15(8-10-17)30-23(34)31-21-12-19(26)18(25)11-20(21)27/h3-12,32H,13H2,1-2H3,(H,29,33)(H2,30,31,34). The van der Waals surface area contributed by atoms with Crippen molar-refractivity contribution in [3.63, 3.8) is 0 Å². The monoisotopic (exact) mass is 586 g/mol. The van der Waals surface area contributed by atoms with Crippen molar-refractivity contribution in [2.75, 3.05) is 27.3 Å². The zero-order valence-electron chi connectivity index (χ0n) is 19.5. The summed E-state index contributed by atoms with van der Waals surface area (Å²) in [4.78, 5) is 24.3. The second-order valence-electron chi connectivity index (χ2n) is 8.50. The van der Waals surface area contributed by atoms with Crippen LogP contribution in [0.3, 0.4) is 0 Å². The van der Waals surface area contributed by atoms with Gasteiger partial charge < -0.3 is 16.0 Å². The molecule has 37 heavy (non-hydrogen) atoms. The fourth-order valence-electron chi connectivity index (χ4n) is 2.82. The minimum absolute atomic E-state index is 0.0481. The van der Waals surface area contributed by atoms with Crippen molar-refractivity contribution in [1.29, 1.82) is 0 Å². The van der Waals surface area contributed by atoms with E-state index in [0.717, 1.165) is 0 Å². The van der Waals surface area contributed by atoms with Crippen LogP contribution in [0.1, 0.15) is 13.8 Å². The number of hydrogen-bond donors (Lipinski definition) is 4. The van der Waals surface area contributed by atoms with E-state index in [1.54, 1.807) is 0 Å². The fraction of sp³-hybridized carbons (Fsp3) is 0.167. The van der Waals surface area contributed by atoms with Crippen molar-refractivity contribution in [3.8, 4) is 0 Å². The Morgan fingerprint density at radius 3 is 1.89 bits per heavy atom. The Labute approximate surface area is 228 Å². The lowest BCUT2D eigenvalue weighted by molar-refractivity contribution is -0.124. The third kappa shape index (κ3) is 7.48. The molecule has 0 saturated carbocycles. The van der Waals surface area contributed by atoms with Crippen LogP contribution in [-0.2, 0) is 14.8 Å². The van der Waals surface area contributed by atoms with Gasteiger partial charge in [0.1, 0.15) is 6.67 Å². The molecule has 0 saturated heterocycles. The first-order chi connectivity index (χ1) is 17.3. The Balaban J connectivity index is 1.62. The summed E-state index contributed by atoms with van der Waals surface area (Å²) in [5.41, 5.74) is 0.0317. The highest BCUT2D eigenvalue weighted by Crippen LogP contribution is 2.32. The summed E-state index contributed by atoms with van der Waals surface area (Å²) < 4.78 is 40.9. The van der Waals surface area contributed by atoms with Crippen LogP contribution in [0.15, 0.2) is 65.6 Å². The number of carbonyl (C=O) groups is 2. The first kappa shape index (κ1) is 28.5. The molecule has 0 unspecified atom stereocenters. The van der Waals surface area contributed by atoms with Crippen molar-refractivity contribution in [2.24, 2.45) is 5.41 Å². The molecule has 0 fully saturated rings. The lowest BCUT2D eigenvalue weighted by atomic mass is 9.94. The summed E-state index contributed by atoms with van der Waals surface area (Å²) in [6.07, 6.45) is 0. The Kier molecular flexibility index (Phi) is 8.91. The molecule has 0 aliphatic heterocycles. The Morgan fingerprint density at radius 2 is 1.30 bits per heavy atom. The van der Waals surface area contributed by atoms with Crippen molar-refractivity contribution in [1.82, 2.24) is 0 Å². The number of rotatable bonds is 8. The van der Waals surface area contributed by atoms with Crippen molar-refractivity contribution < 1.29 is 22.4 Å². The van der Waals surface area contributed by atoms with Crippen molar-refractivity contribution in [2.45, 2.75) is 18.7 Å². The van der Waals surface area contributed by atoms with Gasteiger partial charge >= 0.3 is 6.03 Å². The highest BCUT2D eigenvalue weighted by atomic mass is 35.5. The third-order valence-corrected chi connectivity index (χ3v) is 7.46. The topological polar surface area (TPSA) is 116 Å². The molecule has 0 aromatic heterocycles. The number of benzene rings is 3. The number of urea groups is 1. The highest BCUT2D eigenvalue weighted by Gasteiger charge is 2.27. The molecule has 13 heteroatoms. The number of carbonyl (C=O) groups excluding carboxylic acids is 2. The molecule has 0 heterocycles. The fourth-order valence-corrected chi connectivity index (χ4v) is 4.47.